The Balaban J connectivity index is 1.57. The maximum atomic E-state index is 12.6. The molecule has 0 aromatic heterocycles. The standard InChI is InChI=1S/C21H20F3N3OS/c1-12-3-4-13(2)18-17(12)11-14(19(28)27-18)9-10-25-20(29)26-16-7-5-15(6-8-16)21(22,23)24/h3-8,11,14H,9-10H2,1-2H3,(H2,25,26,29). The second-order valence-corrected chi connectivity index (χ2v) is 7.34. The van der Waals surface area contributed by atoms with E-state index in [0.29, 0.717) is 18.7 Å². The summed E-state index contributed by atoms with van der Waals surface area (Å²) in [5.41, 5.74) is 1.77. The molecule has 1 heterocycles. The average molecular weight is 419 g/mol. The number of benzene rings is 2. The predicted molar refractivity (Wildman–Crippen MR) is 110 cm³/mol. The van der Waals surface area contributed by atoms with E-state index in [9.17, 15) is 18.0 Å². The molecule has 4 nitrogen and oxygen atoms in total. The highest BCUT2D eigenvalue weighted by molar-refractivity contribution is 7.80. The molecule has 0 spiro atoms. The van der Waals surface area contributed by atoms with Crippen molar-refractivity contribution in [2.45, 2.75) is 26.4 Å². The Bertz CT molecular complexity index is 1060. The van der Waals surface area contributed by atoms with Crippen molar-refractivity contribution >= 4 is 35.0 Å². The maximum absolute atomic E-state index is 12.6. The van der Waals surface area contributed by atoms with Crippen molar-refractivity contribution in [3.05, 3.63) is 63.7 Å². The van der Waals surface area contributed by atoms with Crippen molar-refractivity contribution in [3.8, 4) is 0 Å². The molecule has 0 bridgehead atoms. The summed E-state index contributed by atoms with van der Waals surface area (Å²) in [5, 5.41) is 7.81. The Morgan fingerprint density at radius 1 is 1.10 bits per heavy atom. The molecule has 3 rings (SSSR count). The molecule has 2 aromatic rings. The van der Waals surface area contributed by atoms with Crippen molar-refractivity contribution in [3.63, 3.8) is 0 Å². The van der Waals surface area contributed by atoms with E-state index in [2.05, 4.69) is 15.6 Å². The number of hydrogen-bond acceptors (Lipinski definition) is 2. The molecule has 8 heteroatoms. The van der Waals surface area contributed by atoms with E-state index in [0.717, 1.165) is 33.8 Å². The summed E-state index contributed by atoms with van der Waals surface area (Å²) in [6, 6.07) is 8.57. The molecule has 1 aliphatic rings. The van der Waals surface area contributed by atoms with Gasteiger partial charge in [0.1, 0.15) is 0 Å². The molecule has 0 fully saturated rings. The normalized spacial score (nSPS) is 15.8. The van der Waals surface area contributed by atoms with Gasteiger partial charge in [-0.1, -0.05) is 18.2 Å². The van der Waals surface area contributed by atoms with Crippen LogP contribution in [-0.4, -0.2) is 17.6 Å². The molecule has 0 aliphatic carbocycles. The van der Waals surface area contributed by atoms with Crippen molar-refractivity contribution in [2.24, 2.45) is 10.9 Å². The highest BCUT2D eigenvalue weighted by Crippen LogP contribution is 2.29. The molecule has 0 saturated carbocycles. The number of rotatable bonds is 4. The van der Waals surface area contributed by atoms with Crippen molar-refractivity contribution in [2.75, 3.05) is 11.9 Å². The third-order valence-corrected chi connectivity index (χ3v) is 5.00. The minimum atomic E-state index is -4.37. The number of amides is 1. The zero-order valence-corrected chi connectivity index (χ0v) is 16.7. The molecule has 2 aromatic carbocycles. The molecular formula is C21H20F3N3OS. The first kappa shape index (κ1) is 21.0. The van der Waals surface area contributed by atoms with Gasteiger partial charge in [0.15, 0.2) is 5.11 Å². The monoisotopic (exact) mass is 419 g/mol. The number of nitrogens with zero attached hydrogens (tertiary/aromatic N) is 1. The highest BCUT2D eigenvalue weighted by Gasteiger charge is 2.30. The van der Waals surface area contributed by atoms with E-state index in [1.165, 1.54) is 12.1 Å². The molecule has 1 unspecified atom stereocenters. The number of fused-ring (bicyclic) bond motifs is 1. The minimum absolute atomic E-state index is 0.186. The molecule has 0 radical (unpaired) electrons. The zero-order valence-electron chi connectivity index (χ0n) is 15.9. The van der Waals surface area contributed by atoms with Crippen LogP contribution in [0.3, 0.4) is 0 Å². The summed E-state index contributed by atoms with van der Waals surface area (Å²) in [5.74, 6) is -0.529. The summed E-state index contributed by atoms with van der Waals surface area (Å²) >= 11 is 5.18. The second kappa shape index (κ2) is 8.32. The molecule has 0 saturated heterocycles. The predicted octanol–water partition coefficient (Wildman–Crippen LogP) is 3.26. The number of carbonyl (C=O) groups is 1. The topological polar surface area (TPSA) is 53.5 Å². The van der Waals surface area contributed by atoms with Gasteiger partial charge in [-0.3, -0.25) is 4.79 Å². The number of carbonyl (C=O) groups excluding carboxylic acids is 1. The zero-order chi connectivity index (χ0) is 21.2. The van der Waals surface area contributed by atoms with Crippen LogP contribution in [0.2, 0.25) is 0 Å². The fraction of sp³-hybridized carbons (Fsp3) is 0.286. The van der Waals surface area contributed by atoms with Crippen LogP contribution in [0, 0.1) is 19.8 Å². The van der Waals surface area contributed by atoms with E-state index < -0.39 is 11.7 Å². The van der Waals surface area contributed by atoms with Crippen LogP contribution in [0.5, 0.6) is 0 Å². The number of anilines is 1. The van der Waals surface area contributed by atoms with Gasteiger partial charge in [-0.2, -0.15) is 13.2 Å². The minimum Gasteiger partial charge on any atom is -0.362 e. The first-order valence-corrected chi connectivity index (χ1v) is 9.49. The first-order valence-electron chi connectivity index (χ1n) is 9.08. The Kier molecular flexibility index (Phi) is 6.02. The van der Waals surface area contributed by atoms with E-state index in [-0.39, 0.29) is 16.9 Å². The van der Waals surface area contributed by atoms with Gasteiger partial charge in [0.05, 0.1) is 16.8 Å². The third kappa shape index (κ3) is 5.00. The lowest BCUT2D eigenvalue weighted by Gasteiger charge is -2.16. The number of alkyl halides is 3. The summed E-state index contributed by atoms with van der Waals surface area (Å²) in [6.45, 7) is 4.34. The average Bonchev–Trinajstić information content (AvgIpc) is 2.65. The van der Waals surface area contributed by atoms with Gasteiger partial charge in [0.25, 0.3) is 5.91 Å². The third-order valence-electron chi connectivity index (χ3n) is 4.75. The number of halogens is 3. The molecular weight excluding hydrogens is 399 g/mol. The fourth-order valence-electron chi connectivity index (χ4n) is 3.11. The Morgan fingerprint density at radius 2 is 1.76 bits per heavy atom. The van der Waals surface area contributed by atoms with Crippen LogP contribution < -0.4 is 21.2 Å². The van der Waals surface area contributed by atoms with Gasteiger partial charge in [0.2, 0.25) is 0 Å². The molecule has 1 atom stereocenters. The van der Waals surface area contributed by atoms with Crippen molar-refractivity contribution < 1.29 is 18.0 Å². The number of hydrogen-bond donors (Lipinski definition) is 2. The lowest BCUT2D eigenvalue weighted by atomic mass is 9.97. The number of thiocarbonyl (C=S) groups is 1. The quantitative estimate of drug-likeness (QED) is 0.747. The second-order valence-electron chi connectivity index (χ2n) is 6.93. The fourth-order valence-corrected chi connectivity index (χ4v) is 3.33. The molecule has 152 valence electrons. The number of aryl methyl sites for hydroxylation is 2. The van der Waals surface area contributed by atoms with E-state index in [4.69, 9.17) is 12.2 Å². The van der Waals surface area contributed by atoms with Gasteiger partial charge in [-0.15, -0.1) is 0 Å². The van der Waals surface area contributed by atoms with Gasteiger partial charge < -0.3 is 10.6 Å². The van der Waals surface area contributed by atoms with Crippen LogP contribution in [0.25, 0.3) is 6.08 Å². The highest BCUT2D eigenvalue weighted by atomic mass is 32.1. The lowest BCUT2D eigenvalue weighted by Crippen LogP contribution is -2.38. The van der Waals surface area contributed by atoms with Crippen molar-refractivity contribution in [1.82, 2.24) is 5.32 Å². The van der Waals surface area contributed by atoms with Gasteiger partial charge in [0, 0.05) is 17.5 Å². The largest absolute Gasteiger partial charge is 0.416 e. The lowest BCUT2D eigenvalue weighted by molar-refractivity contribution is -0.137. The smallest absolute Gasteiger partial charge is 0.362 e. The van der Waals surface area contributed by atoms with E-state index in [1.807, 2.05) is 32.1 Å². The molecule has 29 heavy (non-hydrogen) atoms. The van der Waals surface area contributed by atoms with Crippen LogP contribution in [0.1, 0.15) is 23.1 Å². The van der Waals surface area contributed by atoms with E-state index in [1.54, 1.807) is 0 Å². The number of nitrogens with one attached hydrogen (secondary N) is 2. The van der Waals surface area contributed by atoms with Crippen LogP contribution in [0.4, 0.5) is 18.9 Å². The van der Waals surface area contributed by atoms with Gasteiger partial charge in [-0.05, 0) is 67.9 Å². The Hall–Kier alpha value is -2.74. The summed E-state index contributed by atoms with van der Waals surface area (Å²) in [6.07, 6.45) is -1.92. The van der Waals surface area contributed by atoms with Crippen LogP contribution >= 0.6 is 12.2 Å². The van der Waals surface area contributed by atoms with E-state index >= 15 is 0 Å². The summed E-state index contributed by atoms with van der Waals surface area (Å²) < 4.78 is 37.8. The summed E-state index contributed by atoms with van der Waals surface area (Å²) in [4.78, 5) is 16.6. The maximum Gasteiger partial charge on any atom is 0.416 e. The Morgan fingerprint density at radius 3 is 2.41 bits per heavy atom. The molecule has 1 aliphatic heterocycles. The SMILES string of the molecule is Cc1ccc(C)c2c1=CC(CCNC(=S)Nc1ccc(C(F)(F)F)cc1)C(=O)N=2. The van der Waals surface area contributed by atoms with Crippen LogP contribution in [0.15, 0.2) is 41.4 Å². The molecule has 2 N–H and O–H groups in total. The Labute approximate surface area is 171 Å². The van der Waals surface area contributed by atoms with Crippen molar-refractivity contribution in [1.29, 1.82) is 0 Å². The van der Waals surface area contributed by atoms with Gasteiger partial charge in [-0.25, -0.2) is 4.99 Å². The molecule has 1 amide bonds. The van der Waals surface area contributed by atoms with Crippen LogP contribution in [-0.2, 0) is 11.0 Å². The van der Waals surface area contributed by atoms with Gasteiger partial charge >= 0.3 is 6.18 Å². The summed E-state index contributed by atoms with van der Waals surface area (Å²) in [7, 11) is 0. The first-order chi connectivity index (χ1) is 13.6.